The first-order valence-electron chi connectivity index (χ1n) is 7.50. The highest BCUT2D eigenvalue weighted by atomic mass is 32.2. The molecule has 0 aromatic heterocycles. The minimum Gasteiger partial charge on any atom is -0.493 e. The first-order chi connectivity index (χ1) is 11.9. The standard InChI is InChI=1S/C17H18N2O5S/c1-19-14-6-5-13(8-11(14)9-17(19)20)25(21,22)18-12-4-7-15(23-2)16(10-12)24-3/h4-8,10,18H,9H2,1-3H3. The van der Waals surface area contributed by atoms with Crippen LogP contribution in [0.3, 0.4) is 0 Å². The molecule has 2 aromatic rings. The van der Waals surface area contributed by atoms with E-state index in [4.69, 9.17) is 9.47 Å². The number of sulfonamides is 1. The Bertz CT molecular complexity index is 940. The average molecular weight is 362 g/mol. The van der Waals surface area contributed by atoms with Crippen molar-refractivity contribution in [1.29, 1.82) is 0 Å². The maximum atomic E-state index is 12.6. The summed E-state index contributed by atoms with van der Waals surface area (Å²) in [5, 5.41) is 0. The topological polar surface area (TPSA) is 84.9 Å². The third-order valence-electron chi connectivity index (χ3n) is 4.07. The molecule has 25 heavy (non-hydrogen) atoms. The molecule has 0 saturated heterocycles. The van der Waals surface area contributed by atoms with Gasteiger partial charge in [-0.1, -0.05) is 0 Å². The highest BCUT2D eigenvalue weighted by Crippen LogP contribution is 2.32. The number of anilines is 2. The van der Waals surface area contributed by atoms with E-state index in [1.54, 1.807) is 31.3 Å². The number of nitrogens with zero attached hydrogens (tertiary/aromatic N) is 1. The lowest BCUT2D eigenvalue weighted by Crippen LogP contribution is -2.20. The van der Waals surface area contributed by atoms with Gasteiger partial charge in [0.2, 0.25) is 5.91 Å². The fourth-order valence-corrected chi connectivity index (χ4v) is 3.83. The minimum absolute atomic E-state index is 0.0580. The highest BCUT2D eigenvalue weighted by Gasteiger charge is 2.26. The van der Waals surface area contributed by atoms with Crippen molar-refractivity contribution in [3.05, 3.63) is 42.0 Å². The second-order valence-electron chi connectivity index (χ2n) is 5.60. The lowest BCUT2D eigenvalue weighted by atomic mass is 10.2. The van der Waals surface area contributed by atoms with Crippen LogP contribution >= 0.6 is 0 Å². The molecular weight excluding hydrogens is 344 g/mol. The van der Waals surface area contributed by atoms with Gasteiger partial charge in [0.05, 0.1) is 31.2 Å². The minimum atomic E-state index is -3.79. The molecule has 1 heterocycles. The summed E-state index contributed by atoms with van der Waals surface area (Å²) in [6, 6.07) is 9.40. The number of carbonyl (C=O) groups is 1. The first kappa shape index (κ1) is 17.1. The molecule has 0 bridgehead atoms. The molecule has 1 N–H and O–H groups in total. The highest BCUT2D eigenvalue weighted by molar-refractivity contribution is 7.92. The third-order valence-corrected chi connectivity index (χ3v) is 5.45. The fourth-order valence-electron chi connectivity index (χ4n) is 2.73. The quantitative estimate of drug-likeness (QED) is 0.880. The summed E-state index contributed by atoms with van der Waals surface area (Å²) < 4.78 is 38.1. The smallest absolute Gasteiger partial charge is 0.261 e. The van der Waals surface area contributed by atoms with E-state index in [2.05, 4.69) is 4.72 Å². The van der Waals surface area contributed by atoms with Gasteiger partial charge >= 0.3 is 0 Å². The van der Waals surface area contributed by atoms with Crippen molar-refractivity contribution in [1.82, 2.24) is 0 Å². The van der Waals surface area contributed by atoms with Crippen LogP contribution in [0.25, 0.3) is 0 Å². The van der Waals surface area contributed by atoms with Crippen LogP contribution in [0, 0.1) is 0 Å². The van der Waals surface area contributed by atoms with Crippen LogP contribution in [0.15, 0.2) is 41.3 Å². The molecule has 0 unspecified atom stereocenters. The number of ether oxygens (including phenoxy) is 2. The monoisotopic (exact) mass is 362 g/mol. The molecule has 1 aliphatic heterocycles. The fraction of sp³-hybridized carbons (Fsp3) is 0.235. The molecule has 7 nitrogen and oxygen atoms in total. The van der Waals surface area contributed by atoms with Crippen LogP contribution in [-0.4, -0.2) is 35.6 Å². The predicted octanol–water partition coefficient (Wildman–Crippen LogP) is 2.02. The number of likely N-dealkylation sites (N-methyl/N-ethyl adjacent to an activating group) is 1. The van der Waals surface area contributed by atoms with Crippen molar-refractivity contribution >= 4 is 27.3 Å². The molecule has 0 aliphatic carbocycles. The van der Waals surface area contributed by atoms with Gasteiger partial charge in [-0.2, -0.15) is 0 Å². The molecular formula is C17H18N2O5S. The van der Waals surface area contributed by atoms with Crippen LogP contribution < -0.4 is 19.1 Å². The maximum Gasteiger partial charge on any atom is 0.261 e. The molecule has 132 valence electrons. The first-order valence-corrected chi connectivity index (χ1v) is 8.98. The summed E-state index contributed by atoms with van der Waals surface area (Å²) in [4.78, 5) is 13.4. The van der Waals surface area contributed by atoms with Gasteiger partial charge in [-0.25, -0.2) is 8.42 Å². The number of methoxy groups -OCH3 is 2. The second-order valence-corrected chi connectivity index (χ2v) is 7.28. The lowest BCUT2D eigenvalue weighted by molar-refractivity contribution is -0.117. The molecule has 1 amide bonds. The summed E-state index contributed by atoms with van der Waals surface area (Å²) in [6.45, 7) is 0. The molecule has 0 fully saturated rings. The van der Waals surface area contributed by atoms with Crippen molar-refractivity contribution < 1.29 is 22.7 Å². The van der Waals surface area contributed by atoms with Crippen molar-refractivity contribution in [3.8, 4) is 11.5 Å². The zero-order valence-corrected chi connectivity index (χ0v) is 14.9. The number of fused-ring (bicyclic) bond motifs is 1. The largest absolute Gasteiger partial charge is 0.493 e. The van der Waals surface area contributed by atoms with Crippen LogP contribution in [0.1, 0.15) is 5.56 Å². The Morgan fingerprint density at radius 3 is 2.44 bits per heavy atom. The number of amides is 1. The second kappa shape index (κ2) is 6.29. The summed E-state index contributed by atoms with van der Waals surface area (Å²) in [6.07, 6.45) is 0.200. The van der Waals surface area contributed by atoms with Gasteiger partial charge in [0.25, 0.3) is 10.0 Å². The Kier molecular flexibility index (Phi) is 4.30. The lowest BCUT2D eigenvalue weighted by Gasteiger charge is -2.13. The van der Waals surface area contributed by atoms with Gasteiger partial charge in [-0.05, 0) is 35.9 Å². The molecule has 0 atom stereocenters. The molecule has 8 heteroatoms. The number of nitrogens with one attached hydrogen (secondary N) is 1. The zero-order chi connectivity index (χ0) is 18.2. The Balaban J connectivity index is 1.91. The Morgan fingerprint density at radius 1 is 1.04 bits per heavy atom. The van der Waals surface area contributed by atoms with E-state index in [0.29, 0.717) is 22.7 Å². The molecule has 3 rings (SSSR count). The molecule has 0 spiro atoms. The summed E-state index contributed by atoms with van der Waals surface area (Å²) in [5.41, 5.74) is 1.78. The summed E-state index contributed by atoms with van der Waals surface area (Å²) in [7, 11) is 0.861. The van der Waals surface area contributed by atoms with E-state index in [1.807, 2.05) is 0 Å². The molecule has 0 saturated carbocycles. The summed E-state index contributed by atoms with van der Waals surface area (Å²) in [5.74, 6) is 0.866. The van der Waals surface area contributed by atoms with E-state index < -0.39 is 10.0 Å². The van der Waals surface area contributed by atoms with Crippen LogP contribution in [0.2, 0.25) is 0 Å². The Hall–Kier alpha value is -2.74. The van der Waals surface area contributed by atoms with Crippen molar-refractivity contribution in [2.75, 3.05) is 30.9 Å². The molecule has 2 aromatic carbocycles. The zero-order valence-electron chi connectivity index (χ0n) is 14.1. The molecule has 0 radical (unpaired) electrons. The van der Waals surface area contributed by atoms with E-state index in [9.17, 15) is 13.2 Å². The van der Waals surface area contributed by atoms with Gasteiger partial charge in [0, 0.05) is 18.8 Å². The van der Waals surface area contributed by atoms with Gasteiger partial charge in [0.1, 0.15) is 0 Å². The van der Waals surface area contributed by atoms with Crippen molar-refractivity contribution in [3.63, 3.8) is 0 Å². The average Bonchev–Trinajstić information content (AvgIpc) is 2.88. The number of hydrogen-bond acceptors (Lipinski definition) is 5. The van der Waals surface area contributed by atoms with Gasteiger partial charge in [0.15, 0.2) is 11.5 Å². The van der Waals surface area contributed by atoms with Gasteiger partial charge < -0.3 is 14.4 Å². The predicted molar refractivity (Wildman–Crippen MR) is 93.9 cm³/mol. The number of carbonyl (C=O) groups excluding carboxylic acids is 1. The third kappa shape index (κ3) is 3.12. The number of hydrogen-bond donors (Lipinski definition) is 1. The van der Waals surface area contributed by atoms with E-state index in [-0.39, 0.29) is 17.2 Å². The van der Waals surface area contributed by atoms with Crippen LogP contribution in [0.5, 0.6) is 11.5 Å². The van der Waals surface area contributed by atoms with Crippen molar-refractivity contribution in [2.24, 2.45) is 0 Å². The van der Waals surface area contributed by atoms with Gasteiger partial charge in [-0.3, -0.25) is 9.52 Å². The van der Waals surface area contributed by atoms with E-state index in [1.165, 1.54) is 31.3 Å². The maximum absolute atomic E-state index is 12.6. The van der Waals surface area contributed by atoms with Crippen LogP contribution in [-0.2, 0) is 21.2 Å². The molecule has 1 aliphatic rings. The Morgan fingerprint density at radius 2 is 1.76 bits per heavy atom. The SMILES string of the molecule is COc1ccc(NS(=O)(=O)c2ccc3c(c2)CC(=O)N3C)cc1OC. The normalized spacial score (nSPS) is 13.6. The Labute approximate surface area is 146 Å². The number of rotatable bonds is 5. The summed E-state index contributed by atoms with van der Waals surface area (Å²) >= 11 is 0. The van der Waals surface area contributed by atoms with Crippen molar-refractivity contribution in [2.45, 2.75) is 11.3 Å². The number of benzene rings is 2. The van der Waals surface area contributed by atoms with E-state index >= 15 is 0 Å². The van der Waals surface area contributed by atoms with E-state index in [0.717, 1.165) is 5.69 Å². The van der Waals surface area contributed by atoms with Gasteiger partial charge in [-0.15, -0.1) is 0 Å². The van der Waals surface area contributed by atoms with Crippen LogP contribution in [0.4, 0.5) is 11.4 Å².